The molecule has 0 radical (unpaired) electrons. The molecule has 1 unspecified atom stereocenters. The highest BCUT2D eigenvalue weighted by Crippen LogP contribution is 2.21. The Kier molecular flexibility index (Phi) is 7.40. The number of para-hydroxylation sites is 1. The lowest BCUT2D eigenvalue weighted by Gasteiger charge is -2.16. The van der Waals surface area contributed by atoms with Crippen molar-refractivity contribution in [1.82, 2.24) is 10.9 Å². The quantitative estimate of drug-likeness (QED) is 0.379. The monoisotopic (exact) mass is 454 g/mol. The number of carbonyl (C=O) groups excluding carboxylic acids is 2. The average molecular weight is 455 g/mol. The SMILES string of the molecule is CC(Oc1ccc2ccccc2c1)C(=O)NNC(=O)c1ccccc1OCCc1ccccc1. The third-order valence-corrected chi connectivity index (χ3v) is 5.33. The molecule has 6 heteroatoms. The predicted molar refractivity (Wildman–Crippen MR) is 132 cm³/mol. The molecule has 0 aliphatic carbocycles. The van der Waals surface area contributed by atoms with Crippen LogP contribution in [-0.4, -0.2) is 24.5 Å². The fourth-order valence-electron chi connectivity index (χ4n) is 3.49. The van der Waals surface area contributed by atoms with Crippen LogP contribution in [-0.2, 0) is 11.2 Å². The summed E-state index contributed by atoms with van der Waals surface area (Å²) in [4.78, 5) is 25.2. The standard InChI is InChI=1S/C28H26N2O4/c1-20(34-24-16-15-22-11-5-6-12-23(22)19-24)27(31)29-30-28(32)25-13-7-8-14-26(25)33-18-17-21-9-3-2-4-10-21/h2-16,19-20H,17-18H2,1H3,(H,29,31)(H,30,32). The van der Waals surface area contributed by atoms with Gasteiger partial charge in [0, 0.05) is 6.42 Å². The fourth-order valence-corrected chi connectivity index (χ4v) is 3.49. The molecular formula is C28H26N2O4. The molecule has 2 amide bonds. The van der Waals surface area contributed by atoms with Crippen molar-refractivity contribution in [2.24, 2.45) is 0 Å². The van der Waals surface area contributed by atoms with E-state index >= 15 is 0 Å². The lowest BCUT2D eigenvalue weighted by Crippen LogP contribution is -2.47. The summed E-state index contributed by atoms with van der Waals surface area (Å²) in [6.07, 6.45) is -0.0872. The van der Waals surface area contributed by atoms with E-state index in [4.69, 9.17) is 9.47 Å². The molecule has 0 aliphatic heterocycles. The zero-order valence-corrected chi connectivity index (χ0v) is 18.9. The number of hydrogen-bond donors (Lipinski definition) is 2. The Balaban J connectivity index is 1.30. The van der Waals surface area contributed by atoms with E-state index in [1.807, 2.05) is 72.8 Å². The second kappa shape index (κ2) is 11.0. The van der Waals surface area contributed by atoms with Crippen LogP contribution in [0.25, 0.3) is 10.8 Å². The van der Waals surface area contributed by atoms with Gasteiger partial charge in [0.05, 0.1) is 12.2 Å². The zero-order chi connectivity index (χ0) is 23.8. The maximum Gasteiger partial charge on any atom is 0.279 e. The van der Waals surface area contributed by atoms with Crippen LogP contribution in [0.5, 0.6) is 11.5 Å². The Bertz CT molecular complexity index is 1270. The van der Waals surface area contributed by atoms with Gasteiger partial charge in [-0.3, -0.25) is 20.4 Å². The molecule has 0 bridgehead atoms. The van der Waals surface area contributed by atoms with Crippen LogP contribution in [0.15, 0.2) is 97.1 Å². The lowest BCUT2D eigenvalue weighted by atomic mass is 10.1. The smallest absolute Gasteiger partial charge is 0.279 e. The molecule has 0 fully saturated rings. The number of benzene rings is 4. The van der Waals surface area contributed by atoms with Crippen LogP contribution in [0.3, 0.4) is 0 Å². The van der Waals surface area contributed by atoms with Gasteiger partial charge in [-0.1, -0.05) is 72.8 Å². The van der Waals surface area contributed by atoms with Crippen LogP contribution in [0.1, 0.15) is 22.8 Å². The Morgan fingerprint density at radius 1 is 0.794 bits per heavy atom. The first-order valence-corrected chi connectivity index (χ1v) is 11.1. The topological polar surface area (TPSA) is 76.7 Å². The summed E-state index contributed by atoms with van der Waals surface area (Å²) in [6.45, 7) is 2.05. The summed E-state index contributed by atoms with van der Waals surface area (Å²) < 4.78 is 11.6. The van der Waals surface area contributed by atoms with E-state index in [-0.39, 0.29) is 0 Å². The second-order valence-electron chi connectivity index (χ2n) is 7.79. The second-order valence-corrected chi connectivity index (χ2v) is 7.79. The molecular weight excluding hydrogens is 428 g/mol. The van der Waals surface area contributed by atoms with Gasteiger partial charge >= 0.3 is 0 Å². The van der Waals surface area contributed by atoms with Crippen molar-refractivity contribution in [1.29, 1.82) is 0 Å². The number of hydrogen-bond acceptors (Lipinski definition) is 4. The minimum atomic E-state index is -0.807. The number of nitrogens with one attached hydrogen (secondary N) is 2. The van der Waals surface area contributed by atoms with Crippen LogP contribution in [0.4, 0.5) is 0 Å². The summed E-state index contributed by atoms with van der Waals surface area (Å²) in [7, 11) is 0. The Hall–Kier alpha value is -4.32. The molecule has 0 aliphatic rings. The zero-order valence-electron chi connectivity index (χ0n) is 18.9. The Morgan fingerprint density at radius 3 is 2.32 bits per heavy atom. The van der Waals surface area contributed by atoms with Gasteiger partial charge in [-0.15, -0.1) is 0 Å². The number of fused-ring (bicyclic) bond motifs is 1. The molecule has 172 valence electrons. The molecule has 0 saturated carbocycles. The molecule has 4 aromatic carbocycles. The van der Waals surface area contributed by atoms with E-state index in [0.29, 0.717) is 23.7 Å². The van der Waals surface area contributed by atoms with Crippen molar-refractivity contribution in [3.8, 4) is 11.5 Å². The normalized spacial score (nSPS) is 11.4. The van der Waals surface area contributed by atoms with E-state index < -0.39 is 17.9 Å². The summed E-state index contributed by atoms with van der Waals surface area (Å²) in [5.74, 6) is 0.0843. The lowest BCUT2D eigenvalue weighted by molar-refractivity contribution is -0.128. The van der Waals surface area contributed by atoms with E-state index in [1.165, 1.54) is 0 Å². The van der Waals surface area contributed by atoms with Crippen LogP contribution in [0.2, 0.25) is 0 Å². The minimum absolute atomic E-state index is 0.332. The summed E-state index contributed by atoms with van der Waals surface area (Å²) >= 11 is 0. The molecule has 4 rings (SSSR count). The highest BCUT2D eigenvalue weighted by Gasteiger charge is 2.18. The maximum absolute atomic E-state index is 12.7. The summed E-state index contributed by atoms with van der Waals surface area (Å²) in [6, 6.07) is 30.4. The molecule has 0 heterocycles. The first-order chi connectivity index (χ1) is 16.6. The van der Waals surface area contributed by atoms with Crippen LogP contribution >= 0.6 is 0 Å². The van der Waals surface area contributed by atoms with Crippen molar-refractivity contribution in [3.05, 3.63) is 108 Å². The van der Waals surface area contributed by atoms with Gasteiger partial charge in [-0.25, -0.2) is 0 Å². The van der Waals surface area contributed by atoms with Crippen LogP contribution in [0, 0.1) is 0 Å². The molecule has 6 nitrogen and oxygen atoms in total. The molecule has 1 atom stereocenters. The molecule has 0 saturated heterocycles. The van der Waals surface area contributed by atoms with E-state index in [1.54, 1.807) is 31.2 Å². The van der Waals surface area contributed by atoms with Crippen molar-refractivity contribution in [2.75, 3.05) is 6.61 Å². The van der Waals surface area contributed by atoms with Gasteiger partial charge in [0.2, 0.25) is 0 Å². The molecule has 0 aromatic heterocycles. The number of ether oxygens (including phenoxy) is 2. The fraction of sp³-hybridized carbons (Fsp3) is 0.143. The largest absolute Gasteiger partial charge is 0.492 e. The molecule has 2 N–H and O–H groups in total. The molecule has 4 aromatic rings. The van der Waals surface area contributed by atoms with E-state index in [9.17, 15) is 9.59 Å². The number of carbonyl (C=O) groups is 2. The van der Waals surface area contributed by atoms with Gasteiger partial charge in [-0.05, 0) is 47.5 Å². The van der Waals surface area contributed by atoms with Gasteiger partial charge in [0.15, 0.2) is 6.10 Å². The highest BCUT2D eigenvalue weighted by molar-refractivity contribution is 5.98. The van der Waals surface area contributed by atoms with Gasteiger partial charge < -0.3 is 9.47 Å². The average Bonchev–Trinajstić information content (AvgIpc) is 2.88. The van der Waals surface area contributed by atoms with Crippen LogP contribution < -0.4 is 20.3 Å². The third-order valence-electron chi connectivity index (χ3n) is 5.33. The maximum atomic E-state index is 12.7. The number of amides is 2. The van der Waals surface area contributed by atoms with Crippen molar-refractivity contribution in [2.45, 2.75) is 19.4 Å². The van der Waals surface area contributed by atoms with Crippen molar-refractivity contribution < 1.29 is 19.1 Å². The minimum Gasteiger partial charge on any atom is -0.492 e. The van der Waals surface area contributed by atoms with E-state index in [0.717, 1.165) is 22.8 Å². The first-order valence-electron chi connectivity index (χ1n) is 11.1. The Morgan fingerprint density at radius 2 is 1.50 bits per heavy atom. The third kappa shape index (κ3) is 5.92. The summed E-state index contributed by atoms with van der Waals surface area (Å²) in [5.41, 5.74) is 6.36. The first kappa shape index (κ1) is 22.9. The molecule has 0 spiro atoms. The van der Waals surface area contributed by atoms with E-state index in [2.05, 4.69) is 10.9 Å². The number of hydrazine groups is 1. The summed E-state index contributed by atoms with van der Waals surface area (Å²) in [5, 5.41) is 2.11. The highest BCUT2D eigenvalue weighted by atomic mass is 16.5. The van der Waals surface area contributed by atoms with Gasteiger partial charge in [0.25, 0.3) is 11.8 Å². The predicted octanol–water partition coefficient (Wildman–Crippen LogP) is 4.69. The Labute approximate surface area is 198 Å². The van der Waals surface area contributed by atoms with Crippen molar-refractivity contribution >= 4 is 22.6 Å². The van der Waals surface area contributed by atoms with Gasteiger partial charge in [-0.2, -0.15) is 0 Å². The van der Waals surface area contributed by atoms with Gasteiger partial charge in [0.1, 0.15) is 11.5 Å². The molecule has 34 heavy (non-hydrogen) atoms. The number of rotatable bonds is 8. The van der Waals surface area contributed by atoms with Crippen molar-refractivity contribution in [3.63, 3.8) is 0 Å².